The number of imidazole rings is 5. The predicted octanol–water partition coefficient (Wildman–Crippen LogP) is 8.44. The molecule has 23 nitrogen and oxygen atoms in total. The Morgan fingerprint density at radius 1 is 0.458 bits per heavy atom. The number of benzene rings is 4. The van der Waals surface area contributed by atoms with Gasteiger partial charge in [-0.2, -0.15) is 0 Å². The van der Waals surface area contributed by atoms with Gasteiger partial charge in [0.2, 0.25) is 23.6 Å². The molecule has 96 heavy (non-hydrogen) atoms. The van der Waals surface area contributed by atoms with Crippen molar-refractivity contribution in [1.82, 2.24) is 78.8 Å². The Bertz CT molecular complexity index is 3590. The minimum atomic E-state index is 0.0424. The number of nitrogens with one attached hydrogen (secondary N) is 4. The summed E-state index contributed by atoms with van der Waals surface area (Å²) in [6.45, 7) is 16.9. The van der Waals surface area contributed by atoms with Gasteiger partial charge < -0.3 is 63.4 Å². The van der Waals surface area contributed by atoms with Gasteiger partial charge in [0.25, 0.3) is 0 Å². The van der Waals surface area contributed by atoms with Crippen molar-refractivity contribution in [3.63, 3.8) is 0 Å². The molecule has 1 fully saturated rings. The highest BCUT2D eigenvalue weighted by Crippen LogP contribution is 2.19. The molecule has 0 bridgehead atoms. The Labute approximate surface area is 565 Å². The molecule has 0 unspecified atom stereocenters. The Morgan fingerprint density at radius 2 is 0.833 bits per heavy atom. The van der Waals surface area contributed by atoms with Crippen molar-refractivity contribution in [2.24, 2.45) is 0 Å². The minimum absolute atomic E-state index is 0.0424. The number of hydrogen-bond donors (Lipinski definition) is 4. The fourth-order valence-electron chi connectivity index (χ4n) is 9.25. The average molecular weight is 1310 g/mol. The Morgan fingerprint density at radius 3 is 1.20 bits per heavy atom. The van der Waals surface area contributed by atoms with Crippen molar-refractivity contribution in [1.29, 1.82) is 0 Å². The zero-order valence-electron chi connectivity index (χ0n) is 56.8. The van der Waals surface area contributed by atoms with Crippen LogP contribution in [0.4, 0.5) is 4.79 Å². The number of aromatic nitrogens is 10. The largest absolute Gasteiger partial charge is 0.497 e. The molecule has 4 aromatic carbocycles. The lowest BCUT2D eigenvalue weighted by atomic mass is 10.1. The Balaban J connectivity index is 0.000000216. The predicted molar refractivity (Wildman–Crippen MR) is 374 cm³/mol. The highest BCUT2D eigenvalue weighted by molar-refractivity contribution is 5.80. The number of ether oxygens (including phenoxy) is 2. The van der Waals surface area contributed by atoms with Crippen LogP contribution in [0.15, 0.2) is 191 Å². The zero-order chi connectivity index (χ0) is 68.8. The summed E-state index contributed by atoms with van der Waals surface area (Å²) in [5.74, 6) is 7.90. The second-order valence-corrected chi connectivity index (χ2v) is 22.1. The highest BCUT2D eigenvalue weighted by atomic mass is 16.5. The molecule has 0 radical (unpaired) electrons. The normalized spacial score (nSPS) is 11.0. The van der Waals surface area contributed by atoms with E-state index in [9.17, 15) is 24.0 Å². The van der Waals surface area contributed by atoms with Gasteiger partial charge in [-0.1, -0.05) is 110 Å². The van der Waals surface area contributed by atoms with Gasteiger partial charge in [0.15, 0.2) is 0 Å². The van der Waals surface area contributed by atoms with E-state index in [1.165, 1.54) is 5.56 Å². The van der Waals surface area contributed by atoms with Gasteiger partial charge in [-0.3, -0.25) is 19.2 Å². The van der Waals surface area contributed by atoms with E-state index in [0.717, 1.165) is 104 Å². The van der Waals surface area contributed by atoms with Crippen LogP contribution in [-0.4, -0.2) is 154 Å². The summed E-state index contributed by atoms with van der Waals surface area (Å²) in [7, 11) is 5.08. The molecule has 4 N–H and O–H groups in total. The first kappa shape index (κ1) is 76.0. The Hall–Kier alpha value is -10.8. The standard InChI is InChI=1S/C16H21N3O2.C15H19N3O2.C15H19N3O.C14H17N3O.C11H14N4O.C2H6/c1-13-10-14(4-5-15(13)21-2)11-16(20)18-6-3-8-19-9-7-17-12-19;1-20-14-5-3-13(4-6-14)11-15(19)17-7-2-9-18-10-8-16-12-18;1-13-3-5-14(6-4-13)11-15(19)17-7-2-9-18-10-8-16-12-18;18-14(11-13-5-2-1-3-6-13)16-7-4-9-17-10-8-15-12-17;1-13-8-9-15(11(13)16)6-3-2-5-14-7-4-12-10-14;1-2/h4-5,7,9-10,12H,3,6,8,11H2,1-2H3,(H,18,20);3-6,8,10,12H,2,7,9,11H2,1H3,(H,17,19);3-6,8,10,12H,2,7,9,11H2,1H3,(H,17,19);1-3,5-6,8,10,12H,4,7,9,11H2,(H,16,18);4,7,10H,5-6,8-9H2,1H3;1-2H3. The maximum atomic E-state index is 11.9. The Kier molecular flexibility index (Phi) is 36.0. The molecule has 0 aliphatic carbocycles. The molecule has 0 saturated carbocycles. The summed E-state index contributed by atoms with van der Waals surface area (Å²) in [4.78, 5) is 81.8. The molecular weight excluding hydrogens is 1210 g/mol. The number of likely N-dealkylation sites (N-methyl/N-ethyl adjacent to an activating group) is 1. The third kappa shape index (κ3) is 31.7. The zero-order valence-corrected chi connectivity index (χ0v) is 56.8. The smallest absolute Gasteiger partial charge is 0.320 e. The molecule has 1 saturated heterocycles. The molecular formula is C73H96N16O7. The van der Waals surface area contributed by atoms with Crippen molar-refractivity contribution in [2.45, 2.75) is 112 Å². The maximum Gasteiger partial charge on any atom is 0.320 e. The summed E-state index contributed by atoms with van der Waals surface area (Å²) in [6.07, 6.45) is 32.5. The number of carbonyl (C=O) groups excluding carboxylic acids is 5. The van der Waals surface area contributed by atoms with Crippen molar-refractivity contribution in [3.05, 3.63) is 224 Å². The van der Waals surface area contributed by atoms with E-state index in [1.54, 1.807) is 93.7 Å². The second kappa shape index (κ2) is 45.5. The molecule has 1 aliphatic rings. The first-order valence-corrected chi connectivity index (χ1v) is 32.5. The third-order valence-electron chi connectivity index (χ3n) is 14.5. The second-order valence-electron chi connectivity index (χ2n) is 22.1. The lowest BCUT2D eigenvalue weighted by Gasteiger charge is -2.11. The number of rotatable bonds is 28. The molecule has 0 atom stereocenters. The summed E-state index contributed by atoms with van der Waals surface area (Å²) in [6, 6.07) is 31.3. The van der Waals surface area contributed by atoms with Gasteiger partial charge in [-0.25, -0.2) is 29.7 Å². The number of nitrogens with zero attached hydrogens (tertiary/aromatic N) is 12. The number of aryl methyl sites for hydroxylation is 6. The third-order valence-corrected chi connectivity index (χ3v) is 14.5. The van der Waals surface area contributed by atoms with Crippen LogP contribution in [0.2, 0.25) is 0 Å². The van der Waals surface area contributed by atoms with E-state index in [0.29, 0.717) is 65.0 Å². The van der Waals surface area contributed by atoms with Crippen LogP contribution >= 0.6 is 0 Å². The van der Waals surface area contributed by atoms with E-state index < -0.39 is 0 Å². The number of amides is 6. The van der Waals surface area contributed by atoms with Crippen LogP contribution in [0.25, 0.3) is 0 Å². The van der Waals surface area contributed by atoms with Crippen LogP contribution in [-0.2, 0) is 77.6 Å². The molecule has 510 valence electrons. The fourth-order valence-corrected chi connectivity index (χ4v) is 9.25. The molecule has 6 amide bonds. The van der Waals surface area contributed by atoms with Crippen molar-refractivity contribution in [3.8, 4) is 23.3 Å². The summed E-state index contributed by atoms with van der Waals surface area (Å²) in [5.41, 5.74) is 6.34. The van der Waals surface area contributed by atoms with Gasteiger partial charge in [0.1, 0.15) is 11.5 Å². The number of hydrogen-bond acceptors (Lipinski definition) is 12. The van der Waals surface area contributed by atoms with Crippen LogP contribution in [0, 0.1) is 25.7 Å². The quantitative estimate of drug-likeness (QED) is 0.0267. The lowest BCUT2D eigenvalue weighted by Crippen LogP contribution is -2.29. The van der Waals surface area contributed by atoms with Gasteiger partial charge in [0.05, 0.1) is 84.6 Å². The van der Waals surface area contributed by atoms with Gasteiger partial charge >= 0.3 is 6.03 Å². The fraction of sp³-hybridized carbons (Fsp3) is 0.370. The van der Waals surface area contributed by atoms with Gasteiger partial charge in [-0.15, -0.1) is 0 Å². The van der Waals surface area contributed by atoms with Crippen LogP contribution < -0.4 is 30.7 Å². The monoisotopic (exact) mass is 1310 g/mol. The molecule has 6 heterocycles. The number of urea groups is 1. The maximum absolute atomic E-state index is 11.9. The number of carbonyl (C=O) groups is 5. The number of methoxy groups -OCH3 is 2. The summed E-state index contributed by atoms with van der Waals surface area (Å²) in [5, 5.41) is 11.7. The highest BCUT2D eigenvalue weighted by Gasteiger charge is 2.24. The first-order chi connectivity index (χ1) is 46.8. The van der Waals surface area contributed by atoms with Crippen molar-refractivity contribution >= 4 is 29.7 Å². The van der Waals surface area contributed by atoms with Crippen LogP contribution in [0.1, 0.15) is 72.9 Å². The van der Waals surface area contributed by atoms with Crippen molar-refractivity contribution < 1.29 is 33.4 Å². The average Bonchev–Trinajstić information content (AvgIpc) is 2.86. The van der Waals surface area contributed by atoms with Crippen LogP contribution in [0.5, 0.6) is 11.5 Å². The molecule has 23 heteroatoms. The SMILES string of the molecule is CC.CN1CCN(CC#CCn2ccnc2)C1=O.COc1ccc(CC(=O)NCCCn2ccnc2)cc1.COc1ccc(CC(=O)NCCCn2ccnc2)cc1C.Cc1ccc(CC(=O)NCCCn2ccnc2)cc1.O=C(Cc1ccccc1)NCCCn1ccnc1. The minimum Gasteiger partial charge on any atom is -0.497 e. The summed E-state index contributed by atoms with van der Waals surface area (Å²) >= 11 is 0. The van der Waals surface area contributed by atoms with E-state index in [-0.39, 0.29) is 29.7 Å². The van der Waals surface area contributed by atoms with Gasteiger partial charge in [0, 0.05) is 134 Å². The van der Waals surface area contributed by atoms with E-state index in [4.69, 9.17) is 9.47 Å². The topological polar surface area (TPSA) is 248 Å². The molecule has 9 aromatic rings. The summed E-state index contributed by atoms with van der Waals surface area (Å²) < 4.78 is 20.2. The van der Waals surface area contributed by atoms with Crippen LogP contribution in [0.3, 0.4) is 0 Å². The van der Waals surface area contributed by atoms with Gasteiger partial charge in [-0.05, 0) is 85.5 Å². The van der Waals surface area contributed by atoms with E-state index in [1.807, 2.05) is 179 Å². The van der Waals surface area contributed by atoms with Crippen molar-refractivity contribution in [2.75, 3.05) is 67.1 Å². The van der Waals surface area contributed by atoms with E-state index in [2.05, 4.69) is 58.0 Å². The molecule has 10 rings (SSSR count). The van der Waals surface area contributed by atoms with E-state index >= 15 is 0 Å². The first-order valence-electron chi connectivity index (χ1n) is 32.5. The molecule has 0 spiro atoms. The lowest BCUT2D eigenvalue weighted by molar-refractivity contribution is -0.121. The molecule has 5 aromatic heterocycles. The molecule has 1 aliphatic heterocycles.